The van der Waals surface area contributed by atoms with E-state index in [2.05, 4.69) is 58.9 Å². The monoisotopic (exact) mass is 941 g/mol. The minimum Gasteiger partial charge on any atom is -0.503 e. The summed E-state index contributed by atoms with van der Waals surface area (Å²) in [4.78, 5) is 48.9. The highest BCUT2D eigenvalue weighted by molar-refractivity contribution is 5.94. The zero-order chi connectivity index (χ0) is 49.0. The number of amides is 3. The van der Waals surface area contributed by atoms with E-state index >= 15 is 0 Å². The van der Waals surface area contributed by atoms with E-state index in [1.807, 2.05) is 64.5 Å². The van der Waals surface area contributed by atoms with Gasteiger partial charge < -0.3 is 36.4 Å². The number of nitrogens with one attached hydrogen (secondary N) is 3. The number of nitrogens with zero attached hydrogens (tertiary/aromatic N) is 6. The van der Waals surface area contributed by atoms with E-state index in [0.717, 1.165) is 104 Å². The van der Waals surface area contributed by atoms with E-state index in [1.54, 1.807) is 22.5 Å². The standard InChI is InChI=1S/C29H31N5O2.C24H37N5O4/c30-28(36)26(35)19-22-10-16-27-32-25(15-9-21-7-3-1-4-8-21)29(34(27)20-22)31-23-11-13-24(14-12-23)33-17-5-2-6-18-33;1-3-5-6-7-8-20-24(25-13-11-23(32)28(14-4-2)16-17-30)29-15-12-19(18-21(29)26-20)9-10-22(31)27-33/h1,3-4,7-8,10-14,16,19-20,31,35H,2,5-6,9,15,17-18H2,(H2,30,36);9-10,12,15,18,25,30,33H,3-8,11,13-14,16-17H2,1-2H3,(H,27,31)/b26-19-;10-9+. The van der Waals surface area contributed by atoms with Crippen molar-refractivity contribution in [2.45, 2.75) is 90.9 Å². The number of primary amides is 1. The number of hydrogen-bond acceptors (Lipinski definition) is 11. The first-order valence-electron chi connectivity index (χ1n) is 24.2. The topological polar surface area (TPSA) is 215 Å². The summed E-state index contributed by atoms with van der Waals surface area (Å²) >= 11 is 0. The lowest BCUT2D eigenvalue weighted by atomic mass is 10.1. The Morgan fingerprint density at radius 1 is 0.797 bits per heavy atom. The van der Waals surface area contributed by atoms with Gasteiger partial charge >= 0.3 is 0 Å². The van der Waals surface area contributed by atoms with Crippen LogP contribution in [-0.4, -0.2) is 96.1 Å². The second kappa shape index (κ2) is 26.4. The van der Waals surface area contributed by atoms with Gasteiger partial charge in [0.25, 0.3) is 11.8 Å². The summed E-state index contributed by atoms with van der Waals surface area (Å²) < 4.78 is 3.92. The van der Waals surface area contributed by atoms with Crippen LogP contribution in [0.25, 0.3) is 23.4 Å². The molecule has 7 rings (SSSR count). The number of unbranched alkanes of at least 4 members (excludes halogenated alkanes) is 3. The molecule has 69 heavy (non-hydrogen) atoms. The van der Waals surface area contributed by atoms with Gasteiger partial charge in [-0.05, 0) is 129 Å². The molecule has 6 aromatic rings. The van der Waals surface area contributed by atoms with Crippen LogP contribution in [0, 0.1) is 0 Å². The summed E-state index contributed by atoms with van der Waals surface area (Å²) in [5.74, 6) is -0.188. The molecule has 0 spiro atoms. The molecule has 0 unspecified atom stereocenters. The second-order valence-electron chi connectivity index (χ2n) is 17.2. The van der Waals surface area contributed by atoms with Gasteiger partial charge in [-0.3, -0.25) is 28.4 Å². The van der Waals surface area contributed by atoms with Crippen LogP contribution in [0.2, 0.25) is 0 Å². The lowest BCUT2D eigenvalue weighted by Gasteiger charge is -2.28. The minimum atomic E-state index is -0.864. The quantitative estimate of drug-likeness (QED) is 0.0107. The van der Waals surface area contributed by atoms with Gasteiger partial charge in [-0.15, -0.1) is 0 Å². The van der Waals surface area contributed by atoms with Gasteiger partial charge in [0.1, 0.15) is 22.9 Å². The zero-order valence-electron chi connectivity index (χ0n) is 39.9. The normalized spacial score (nSPS) is 12.8. The maximum atomic E-state index is 12.5. The van der Waals surface area contributed by atoms with Gasteiger partial charge in [-0.2, -0.15) is 0 Å². The summed E-state index contributed by atoms with van der Waals surface area (Å²) in [5, 5.41) is 34.7. The Bertz CT molecular complexity index is 2650. The van der Waals surface area contributed by atoms with Crippen LogP contribution >= 0.6 is 0 Å². The van der Waals surface area contributed by atoms with Crippen molar-refractivity contribution in [1.29, 1.82) is 0 Å². The highest BCUT2D eigenvalue weighted by atomic mass is 16.5. The number of aryl methyl sites for hydroxylation is 3. The first-order chi connectivity index (χ1) is 33.6. The molecule has 1 aliphatic rings. The number of imidazole rings is 2. The first-order valence-corrected chi connectivity index (χ1v) is 24.2. The van der Waals surface area contributed by atoms with Crippen LogP contribution in [0.4, 0.5) is 23.0 Å². The van der Waals surface area contributed by atoms with E-state index in [9.17, 15) is 24.6 Å². The Hall–Kier alpha value is -7.17. The molecule has 0 saturated carbocycles. The van der Waals surface area contributed by atoms with E-state index < -0.39 is 17.6 Å². The number of carbonyl (C=O) groups excluding carboxylic acids is 3. The molecule has 1 saturated heterocycles. The molecule has 8 N–H and O–H groups in total. The second-order valence-corrected chi connectivity index (χ2v) is 17.2. The number of anilines is 4. The fourth-order valence-electron chi connectivity index (χ4n) is 8.38. The largest absolute Gasteiger partial charge is 0.503 e. The summed E-state index contributed by atoms with van der Waals surface area (Å²) in [6, 6.07) is 26.3. The molecular formula is C53H68N10O6. The molecule has 0 atom stereocenters. The van der Waals surface area contributed by atoms with Gasteiger partial charge in [-0.25, -0.2) is 15.4 Å². The number of aliphatic hydroxyl groups excluding tert-OH is 2. The van der Waals surface area contributed by atoms with Crippen molar-refractivity contribution < 1.29 is 29.8 Å². The van der Waals surface area contributed by atoms with Gasteiger partial charge in [0.2, 0.25) is 5.91 Å². The number of rotatable bonds is 23. The highest BCUT2D eigenvalue weighted by Gasteiger charge is 2.17. The molecule has 16 heteroatoms. The van der Waals surface area contributed by atoms with Crippen LogP contribution < -0.4 is 26.7 Å². The van der Waals surface area contributed by atoms with Crippen LogP contribution in [0.5, 0.6) is 0 Å². The molecule has 1 aliphatic heterocycles. The van der Waals surface area contributed by atoms with Crippen molar-refractivity contribution in [3.8, 4) is 0 Å². The third kappa shape index (κ3) is 14.9. The molecule has 0 bridgehead atoms. The average Bonchev–Trinajstić information content (AvgIpc) is 3.90. The molecule has 5 heterocycles. The van der Waals surface area contributed by atoms with Gasteiger partial charge in [0.05, 0.1) is 18.0 Å². The third-order valence-electron chi connectivity index (χ3n) is 12.0. The van der Waals surface area contributed by atoms with E-state index in [4.69, 9.17) is 20.9 Å². The van der Waals surface area contributed by atoms with Crippen molar-refractivity contribution >= 4 is 64.2 Å². The zero-order valence-corrected chi connectivity index (χ0v) is 39.9. The Morgan fingerprint density at radius 3 is 2.26 bits per heavy atom. The number of nitrogens with two attached hydrogens (primary N) is 1. The number of carbonyl (C=O) groups is 3. The Morgan fingerprint density at radius 2 is 1.55 bits per heavy atom. The van der Waals surface area contributed by atoms with Gasteiger partial charge in [-0.1, -0.05) is 63.4 Å². The van der Waals surface area contributed by atoms with Gasteiger partial charge in [0.15, 0.2) is 5.76 Å². The Kier molecular flexibility index (Phi) is 19.6. The molecule has 366 valence electrons. The predicted octanol–water partition coefficient (Wildman–Crippen LogP) is 8.25. The lowest BCUT2D eigenvalue weighted by molar-refractivity contribution is -0.131. The third-order valence-corrected chi connectivity index (χ3v) is 12.0. The Labute approximate surface area is 404 Å². The van der Waals surface area contributed by atoms with Crippen LogP contribution in [0.15, 0.2) is 103 Å². The summed E-state index contributed by atoms with van der Waals surface area (Å²) in [6.07, 6.45) is 19.9. The average molecular weight is 941 g/mol. The molecule has 16 nitrogen and oxygen atoms in total. The molecule has 0 aliphatic carbocycles. The summed E-state index contributed by atoms with van der Waals surface area (Å²) in [7, 11) is 0. The van der Waals surface area contributed by atoms with Crippen molar-refractivity contribution in [3.05, 3.63) is 131 Å². The fraction of sp³-hybridized carbons (Fsp3) is 0.377. The minimum absolute atomic E-state index is 0.0197. The summed E-state index contributed by atoms with van der Waals surface area (Å²) in [5.41, 5.74) is 15.1. The smallest absolute Gasteiger partial charge is 0.283 e. The van der Waals surface area contributed by atoms with Crippen LogP contribution in [0.1, 0.15) is 99.7 Å². The lowest BCUT2D eigenvalue weighted by Crippen LogP contribution is -2.35. The van der Waals surface area contributed by atoms with E-state index in [0.29, 0.717) is 31.6 Å². The summed E-state index contributed by atoms with van der Waals surface area (Å²) in [6.45, 7) is 7.84. The first kappa shape index (κ1) is 51.2. The molecule has 0 radical (unpaired) electrons. The van der Waals surface area contributed by atoms with Gasteiger partial charge in [0, 0.05) is 69.0 Å². The number of aliphatic hydroxyl groups is 2. The van der Waals surface area contributed by atoms with Crippen molar-refractivity contribution in [2.75, 3.05) is 54.9 Å². The fourth-order valence-corrected chi connectivity index (χ4v) is 8.38. The van der Waals surface area contributed by atoms with E-state index in [-0.39, 0.29) is 12.5 Å². The molecule has 4 aromatic heterocycles. The molecular weight excluding hydrogens is 873 g/mol. The van der Waals surface area contributed by atoms with E-state index in [1.165, 1.54) is 49.1 Å². The number of benzene rings is 2. The number of piperidine rings is 1. The van der Waals surface area contributed by atoms with Crippen LogP contribution in [-0.2, 0) is 33.6 Å². The van der Waals surface area contributed by atoms with Crippen molar-refractivity contribution in [3.63, 3.8) is 0 Å². The van der Waals surface area contributed by atoms with Crippen LogP contribution in [0.3, 0.4) is 0 Å². The number of pyridine rings is 2. The predicted molar refractivity (Wildman–Crippen MR) is 274 cm³/mol. The SMILES string of the molecule is CCCCCCc1nc2cc(/C=C/C(=O)NO)ccn2c1NCCC(=O)N(CCC)CCO.NC(=O)/C(O)=C/c1ccc2nc(CCc3ccccc3)c(Nc3ccc(N4CCCCC4)cc3)n2c1. The van der Waals surface area contributed by atoms with Crippen molar-refractivity contribution in [1.82, 2.24) is 29.1 Å². The number of hydrogen-bond donors (Lipinski definition) is 7. The molecule has 3 amide bonds. The van der Waals surface area contributed by atoms with Crippen molar-refractivity contribution in [2.24, 2.45) is 5.73 Å². The maximum Gasteiger partial charge on any atom is 0.283 e. The highest BCUT2D eigenvalue weighted by Crippen LogP contribution is 2.28. The number of hydroxylamine groups is 1. The molecule has 2 aromatic carbocycles. The maximum absolute atomic E-state index is 12.5. The number of aromatic nitrogens is 4. The number of fused-ring (bicyclic) bond motifs is 2. The Balaban J connectivity index is 0.000000228. The molecule has 1 fully saturated rings.